The predicted octanol–water partition coefficient (Wildman–Crippen LogP) is 2.41. The normalized spacial score (nSPS) is 17.6. The van der Waals surface area contributed by atoms with Crippen LogP contribution in [0.2, 0.25) is 0 Å². The molecule has 0 heterocycles. The van der Waals surface area contributed by atoms with Gasteiger partial charge in [-0.1, -0.05) is 0 Å². The molecule has 0 aliphatic heterocycles. The van der Waals surface area contributed by atoms with Gasteiger partial charge in [0.15, 0.2) is 9.84 Å². The second-order valence-electron chi connectivity index (χ2n) is 4.27. The second-order valence-corrected chi connectivity index (χ2v) is 6.28. The van der Waals surface area contributed by atoms with Crippen molar-refractivity contribution in [3.05, 3.63) is 24.3 Å². The van der Waals surface area contributed by atoms with Crippen LogP contribution in [0.25, 0.3) is 0 Å². The minimum Gasteiger partial charge on any atom is -0.490 e. The van der Waals surface area contributed by atoms with Gasteiger partial charge in [0, 0.05) is 6.26 Å². The quantitative estimate of drug-likeness (QED) is 0.815. The third kappa shape index (κ3) is 2.76. The Kier molecular flexibility index (Phi) is 3.19. The van der Waals surface area contributed by atoms with E-state index >= 15 is 0 Å². The summed E-state index contributed by atoms with van der Waals surface area (Å²) in [7, 11) is -3.10. The van der Waals surface area contributed by atoms with Crippen LogP contribution in [0.15, 0.2) is 29.2 Å². The molecular formula is C12H16O3S. The lowest BCUT2D eigenvalue weighted by Gasteiger charge is -2.12. The van der Waals surface area contributed by atoms with E-state index in [2.05, 4.69) is 0 Å². The summed E-state index contributed by atoms with van der Waals surface area (Å²) in [6, 6.07) is 6.66. The van der Waals surface area contributed by atoms with Crippen molar-refractivity contribution in [1.29, 1.82) is 0 Å². The fourth-order valence-electron chi connectivity index (χ4n) is 1.96. The molecule has 0 spiro atoms. The monoisotopic (exact) mass is 240 g/mol. The molecule has 0 bridgehead atoms. The van der Waals surface area contributed by atoms with Gasteiger partial charge in [-0.15, -0.1) is 0 Å². The van der Waals surface area contributed by atoms with E-state index in [1.165, 1.54) is 19.1 Å². The Morgan fingerprint density at radius 3 is 2.19 bits per heavy atom. The standard InChI is InChI=1S/C12H16O3S/c1-16(13,14)12-8-6-11(7-9-12)15-10-4-2-3-5-10/h6-10H,2-5H2,1H3. The third-order valence-electron chi connectivity index (χ3n) is 2.86. The second kappa shape index (κ2) is 4.45. The summed E-state index contributed by atoms with van der Waals surface area (Å²) in [5.41, 5.74) is 0. The molecule has 1 aliphatic carbocycles. The van der Waals surface area contributed by atoms with Gasteiger partial charge in [-0.3, -0.25) is 0 Å². The van der Waals surface area contributed by atoms with E-state index in [-0.39, 0.29) is 0 Å². The van der Waals surface area contributed by atoms with Crippen molar-refractivity contribution in [3.8, 4) is 5.75 Å². The molecule has 1 aromatic carbocycles. The number of hydrogen-bond donors (Lipinski definition) is 0. The van der Waals surface area contributed by atoms with Gasteiger partial charge in [-0.05, 0) is 49.9 Å². The maximum Gasteiger partial charge on any atom is 0.175 e. The Hall–Kier alpha value is -1.03. The first-order valence-corrected chi connectivity index (χ1v) is 7.41. The largest absolute Gasteiger partial charge is 0.490 e. The van der Waals surface area contributed by atoms with Gasteiger partial charge in [0.1, 0.15) is 5.75 Å². The maximum atomic E-state index is 11.2. The van der Waals surface area contributed by atoms with Crippen molar-refractivity contribution in [2.75, 3.05) is 6.26 Å². The van der Waals surface area contributed by atoms with Crippen LogP contribution in [0.5, 0.6) is 5.75 Å². The highest BCUT2D eigenvalue weighted by Crippen LogP contribution is 2.24. The SMILES string of the molecule is CS(=O)(=O)c1ccc(OC2CCCC2)cc1. The Labute approximate surface area is 96.4 Å². The molecule has 0 unspecified atom stereocenters. The zero-order valence-corrected chi connectivity index (χ0v) is 10.2. The smallest absolute Gasteiger partial charge is 0.175 e. The van der Waals surface area contributed by atoms with E-state index in [1.807, 2.05) is 0 Å². The molecule has 4 heteroatoms. The highest BCUT2D eigenvalue weighted by Gasteiger charge is 2.16. The summed E-state index contributed by atoms with van der Waals surface area (Å²) < 4.78 is 28.2. The van der Waals surface area contributed by atoms with Gasteiger partial charge < -0.3 is 4.74 Å². The zero-order chi connectivity index (χ0) is 11.6. The first-order chi connectivity index (χ1) is 7.55. The van der Waals surface area contributed by atoms with Gasteiger partial charge in [0.05, 0.1) is 11.0 Å². The van der Waals surface area contributed by atoms with Crippen LogP contribution in [0.4, 0.5) is 0 Å². The number of rotatable bonds is 3. The maximum absolute atomic E-state index is 11.2. The highest BCUT2D eigenvalue weighted by molar-refractivity contribution is 7.90. The van der Waals surface area contributed by atoms with Crippen molar-refractivity contribution in [2.45, 2.75) is 36.7 Å². The summed E-state index contributed by atoms with van der Waals surface area (Å²) in [4.78, 5) is 0.339. The van der Waals surface area contributed by atoms with Crippen LogP contribution in [-0.4, -0.2) is 20.8 Å². The molecule has 16 heavy (non-hydrogen) atoms. The molecule has 0 atom stereocenters. The van der Waals surface area contributed by atoms with Crippen LogP contribution < -0.4 is 4.74 Å². The van der Waals surface area contributed by atoms with Crippen molar-refractivity contribution in [2.24, 2.45) is 0 Å². The first kappa shape index (κ1) is 11.5. The van der Waals surface area contributed by atoms with Gasteiger partial charge in [-0.2, -0.15) is 0 Å². The first-order valence-electron chi connectivity index (χ1n) is 5.52. The Balaban J connectivity index is 2.07. The topological polar surface area (TPSA) is 43.4 Å². The highest BCUT2D eigenvalue weighted by atomic mass is 32.2. The molecule has 1 fully saturated rings. The molecule has 1 aromatic rings. The van der Waals surface area contributed by atoms with Gasteiger partial charge in [0.2, 0.25) is 0 Å². The van der Waals surface area contributed by atoms with E-state index in [4.69, 9.17) is 4.74 Å². The molecule has 88 valence electrons. The molecule has 1 aliphatic rings. The summed E-state index contributed by atoms with van der Waals surface area (Å²) in [6.07, 6.45) is 6.18. The summed E-state index contributed by atoms with van der Waals surface area (Å²) >= 11 is 0. The van der Waals surface area contributed by atoms with Crippen LogP contribution in [0, 0.1) is 0 Å². The summed E-state index contributed by atoms with van der Waals surface area (Å²) in [5, 5.41) is 0. The molecular weight excluding hydrogens is 224 g/mol. The van der Waals surface area contributed by atoms with Crippen LogP contribution in [0.3, 0.4) is 0 Å². The van der Waals surface area contributed by atoms with Gasteiger partial charge >= 0.3 is 0 Å². The molecule has 3 nitrogen and oxygen atoms in total. The molecule has 2 rings (SSSR count). The lowest BCUT2D eigenvalue weighted by Crippen LogP contribution is -2.10. The molecule has 0 aromatic heterocycles. The Morgan fingerprint density at radius 1 is 1.12 bits per heavy atom. The van der Waals surface area contributed by atoms with Crippen molar-refractivity contribution < 1.29 is 13.2 Å². The fourth-order valence-corrected chi connectivity index (χ4v) is 2.59. The van der Waals surface area contributed by atoms with E-state index in [0.717, 1.165) is 18.6 Å². The van der Waals surface area contributed by atoms with Gasteiger partial charge in [-0.25, -0.2) is 8.42 Å². The van der Waals surface area contributed by atoms with Crippen molar-refractivity contribution in [3.63, 3.8) is 0 Å². The van der Waals surface area contributed by atoms with Crippen LogP contribution in [0.1, 0.15) is 25.7 Å². The fraction of sp³-hybridized carbons (Fsp3) is 0.500. The summed E-state index contributed by atoms with van der Waals surface area (Å²) in [6.45, 7) is 0. The lowest BCUT2D eigenvalue weighted by molar-refractivity contribution is 0.210. The van der Waals surface area contributed by atoms with E-state index in [9.17, 15) is 8.42 Å². The molecule has 1 saturated carbocycles. The predicted molar refractivity (Wildman–Crippen MR) is 62.4 cm³/mol. The minimum absolute atomic E-state index is 0.309. The lowest BCUT2D eigenvalue weighted by atomic mass is 10.3. The number of benzene rings is 1. The van der Waals surface area contributed by atoms with Gasteiger partial charge in [0.25, 0.3) is 0 Å². The minimum atomic E-state index is -3.10. The average Bonchev–Trinajstić information content (AvgIpc) is 2.70. The Bertz CT molecular complexity index is 442. The van der Waals surface area contributed by atoms with Crippen molar-refractivity contribution in [1.82, 2.24) is 0 Å². The molecule has 0 N–H and O–H groups in total. The number of hydrogen-bond acceptors (Lipinski definition) is 3. The number of sulfone groups is 1. The van der Waals surface area contributed by atoms with E-state index in [1.54, 1.807) is 24.3 Å². The summed E-state index contributed by atoms with van der Waals surface area (Å²) in [5.74, 6) is 0.763. The number of ether oxygens (including phenoxy) is 1. The Morgan fingerprint density at radius 2 is 1.69 bits per heavy atom. The third-order valence-corrected chi connectivity index (χ3v) is 3.99. The average molecular weight is 240 g/mol. The van der Waals surface area contributed by atoms with E-state index < -0.39 is 9.84 Å². The van der Waals surface area contributed by atoms with Crippen LogP contribution >= 0.6 is 0 Å². The zero-order valence-electron chi connectivity index (χ0n) is 9.35. The molecule has 0 amide bonds. The van der Waals surface area contributed by atoms with Crippen molar-refractivity contribution >= 4 is 9.84 Å². The van der Waals surface area contributed by atoms with Crippen LogP contribution in [-0.2, 0) is 9.84 Å². The molecule has 0 radical (unpaired) electrons. The van der Waals surface area contributed by atoms with E-state index in [0.29, 0.717) is 11.0 Å². The molecule has 0 saturated heterocycles.